The van der Waals surface area contributed by atoms with Gasteiger partial charge < -0.3 is 25.8 Å². The summed E-state index contributed by atoms with van der Waals surface area (Å²) in [6.07, 6.45) is 2.40. The number of fused-ring (bicyclic) bond motifs is 2. The fourth-order valence-corrected chi connectivity index (χ4v) is 4.21. The summed E-state index contributed by atoms with van der Waals surface area (Å²) in [6.45, 7) is 8.66. The third-order valence-corrected chi connectivity index (χ3v) is 6.29. The standard InChI is InChI=1S/C23H33N3O4/c1-6-7-8-15-11-16(26(5)10-9-24)17-20(12(15)2)29-21-13(3)18(25)19(27)14(4)22(21)30-23(17)28/h11,13,18,21H,6-10,24-25H2,1-5H3/t13?,18-,21?/m0/s1. The Morgan fingerprint density at radius 2 is 1.93 bits per heavy atom. The molecule has 0 aromatic heterocycles. The molecule has 0 fully saturated rings. The van der Waals surface area contributed by atoms with Crippen molar-refractivity contribution >= 4 is 17.4 Å². The van der Waals surface area contributed by atoms with E-state index in [1.807, 2.05) is 31.9 Å². The van der Waals surface area contributed by atoms with Gasteiger partial charge in [0.2, 0.25) is 0 Å². The predicted octanol–water partition coefficient (Wildman–Crippen LogP) is 2.47. The molecule has 7 heteroatoms. The van der Waals surface area contributed by atoms with Crippen molar-refractivity contribution in [3.63, 3.8) is 0 Å². The molecule has 0 radical (unpaired) electrons. The molecule has 1 aliphatic heterocycles. The molecule has 30 heavy (non-hydrogen) atoms. The van der Waals surface area contributed by atoms with Gasteiger partial charge in [-0.05, 0) is 43.9 Å². The Hall–Kier alpha value is -2.38. The molecule has 0 spiro atoms. The van der Waals surface area contributed by atoms with Crippen LogP contribution in [0.4, 0.5) is 5.69 Å². The van der Waals surface area contributed by atoms with Gasteiger partial charge in [-0.25, -0.2) is 4.79 Å². The van der Waals surface area contributed by atoms with E-state index < -0.39 is 18.1 Å². The Bertz CT molecular complexity index is 893. The molecule has 164 valence electrons. The van der Waals surface area contributed by atoms with Gasteiger partial charge in [-0.15, -0.1) is 0 Å². The molecule has 7 nitrogen and oxygen atoms in total. The topological polar surface area (TPSA) is 108 Å². The summed E-state index contributed by atoms with van der Waals surface area (Å²) in [5.41, 5.74) is 15.5. The molecule has 1 aliphatic carbocycles. The number of hydrogen-bond donors (Lipinski definition) is 2. The van der Waals surface area contributed by atoms with Crippen LogP contribution in [0.5, 0.6) is 5.75 Å². The second kappa shape index (κ2) is 8.78. The quantitative estimate of drug-likeness (QED) is 0.687. The molecule has 4 N–H and O–H groups in total. The van der Waals surface area contributed by atoms with Crippen LogP contribution in [-0.2, 0) is 16.0 Å². The van der Waals surface area contributed by atoms with E-state index in [0.717, 1.165) is 36.1 Å². The van der Waals surface area contributed by atoms with E-state index in [-0.39, 0.29) is 17.5 Å². The second-order valence-corrected chi connectivity index (χ2v) is 8.36. The molecule has 0 bridgehead atoms. The number of esters is 1. The SMILES string of the molecule is CCCCc1cc(N(C)CCN)c2c(c1C)OC1C(=C(C)C(=O)[C@@H](N)C1C)OC2=O. The van der Waals surface area contributed by atoms with Gasteiger partial charge in [-0.1, -0.05) is 20.3 Å². The minimum Gasteiger partial charge on any atom is -0.481 e. The van der Waals surface area contributed by atoms with Gasteiger partial charge in [0, 0.05) is 31.6 Å². The van der Waals surface area contributed by atoms with Crippen LogP contribution in [0.1, 0.15) is 55.1 Å². The summed E-state index contributed by atoms with van der Waals surface area (Å²) in [6, 6.07) is 1.35. The molecular weight excluding hydrogens is 382 g/mol. The van der Waals surface area contributed by atoms with Gasteiger partial charge in [0.05, 0.1) is 11.7 Å². The molecule has 2 unspecified atom stereocenters. The van der Waals surface area contributed by atoms with Gasteiger partial charge in [0.1, 0.15) is 11.3 Å². The van der Waals surface area contributed by atoms with Crippen LogP contribution < -0.4 is 21.1 Å². The van der Waals surface area contributed by atoms with Crippen LogP contribution >= 0.6 is 0 Å². The van der Waals surface area contributed by atoms with Crippen LogP contribution in [0.2, 0.25) is 0 Å². The average molecular weight is 416 g/mol. The lowest BCUT2D eigenvalue weighted by molar-refractivity contribution is -0.120. The van der Waals surface area contributed by atoms with E-state index in [9.17, 15) is 9.59 Å². The Kier molecular flexibility index (Phi) is 6.53. The molecule has 2 aliphatic rings. The average Bonchev–Trinajstić information content (AvgIpc) is 2.88. The first-order valence-electron chi connectivity index (χ1n) is 10.7. The van der Waals surface area contributed by atoms with Crippen molar-refractivity contribution in [2.45, 2.75) is 59.1 Å². The summed E-state index contributed by atoms with van der Waals surface area (Å²) in [7, 11) is 1.90. The number of unbranched alkanes of at least 4 members (excludes halogenated alkanes) is 1. The highest BCUT2D eigenvalue weighted by Crippen LogP contribution is 2.43. The highest BCUT2D eigenvalue weighted by atomic mass is 16.6. The van der Waals surface area contributed by atoms with E-state index in [0.29, 0.717) is 30.0 Å². The Balaban J connectivity index is 2.22. The smallest absolute Gasteiger partial charge is 0.349 e. The molecule has 3 atom stereocenters. The van der Waals surface area contributed by atoms with Gasteiger partial charge >= 0.3 is 5.97 Å². The minimum atomic E-state index is -0.693. The van der Waals surface area contributed by atoms with Gasteiger partial charge in [-0.2, -0.15) is 0 Å². The number of nitrogens with zero attached hydrogens (tertiary/aromatic N) is 1. The Morgan fingerprint density at radius 1 is 1.23 bits per heavy atom. The Morgan fingerprint density at radius 3 is 2.57 bits per heavy atom. The molecule has 3 rings (SSSR count). The number of rotatable bonds is 6. The van der Waals surface area contributed by atoms with Crippen molar-refractivity contribution in [2.75, 3.05) is 25.0 Å². The molecule has 1 aromatic carbocycles. The summed E-state index contributed by atoms with van der Waals surface area (Å²) in [5, 5.41) is 0. The lowest BCUT2D eigenvalue weighted by atomic mass is 9.82. The summed E-state index contributed by atoms with van der Waals surface area (Å²) in [4.78, 5) is 27.8. The molecule has 0 saturated carbocycles. The lowest BCUT2D eigenvalue weighted by Crippen LogP contribution is -2.50. The number of ether oxygens (including phenoxy) is 2. The summed E-state index contributed by atoms with van der Waals surface area (Å²) < 4.78 is 12.2. The second-order valence-electron chi connectivity index (χ2n) is 8.36. The number of ketones is 1. The number of anilines is 1. The number of carbonyl (C=O) groups excluding carboxylic acids is 2. The maximum atomic E-state index is 13.3. The number of nitrogens with two attached hydrogens (primary N) is 2. The van der Waals surface area contributed by atoms with Crippen molar-refractivity contribution in [1.29, 1.82) is 0 Å². The molecule has 0 saturated heterocycles. The predicted molar refractivity (Wildman–Crippen MR) is 117 cm³/mol. The van der Waals surface area contributed by atoms with Crippen LogP contribution in [0.3, 0.4) is 0 Å². The van der Waals surface area contributed by atoms with Crippen molar-refractivity contribution in [3.05, 3.63) is 34.1 Å². The highest BCUT2D eigenvalue weighted by Gasteiger charge is 2.45. The van der Waals surface area contributed by atoms with Crippen molar-refractivity contribution < 1.29 is 19.1 Å². The maximum Gasteiger partial charge on any atom is 0.349 e. The first-order chi connectivity index (χ1) is 14.2. The zero-order valence-electron chi connectivity index (χ0n) is 18.6. The van der Waals surface area contributed by atoms with E-state index in [4.69, 9.17) is 20.9 Å². The van der Waals surface area contributed by atoms with Crippen molar-refractivity contribution in [3.8, 4) is 5.75 Å². The third-order valence-electron chi connectivity index (χ3n) is 6.29. The molecule has 0 amide bonds. The van der Waals surface area contributed by atoms with E-state index in [1.165, 1.54) is 0 Å². The molecular formula is C23H33N3O4. The van der Waals surface area contributed by atoms with Crippen molar-refractivity contribution in [1.82, 2.24) is 0 Å². The van der Waals surface area contributed by atoms with Crippen LogP contribution in [0, 0.1) is 12.8 Å². The number of carbonyl (C=O) groups is 2. The fourth-order valence-electron chi connectivity index (χ4n) is 4.21. The van der Waals surface area contributed by atoms with E-state index >= 15 is 0 Å². The fraction of sp³-hybridized carbons (Fsp3) is 0.565. The molecule has 1 heterocycles. The Labute approximate surface area is 178 Å². The largest absolute Gasteiger partial charge is 0.481 e. The highest BCUT2D eigenvalue weighted by molar-refractivity contribution is 6.04. The number of likely N-dealkylation sites (N-methyl/N-ethyl adjacent to an activating group) is 1. The number of Topliss-reactive ketones (excluding diaryl/α,β-unsaturated/α-hetero) is 1. The first-order valence-corrected chi connectivity index (χ1v) is 10.7. The van der Waals surface area contributed by atoms with Crippen LogP contribution in [0.15, 0.2) is 17.4 Å². The summed E-state index contributed by atoms with van der Waals surface area (Å²) >= 11 is 0. The minimum absolute atomic E-state index is 0.211. The van der Waals surface area contributed by atoms with Gasteiger partial charge in [0.15, 0.2) is 17.6 Å². The van der Waals surface area contributed by atoms with E-state index in [1.54, 1.807) is 6.92 Å². The van der Waals surface area contributed by atoms with Crippen molar-refractivity contribution in [2.24, 2.45) is 17.4 Å². The van der Waals surface area contributed by atoms with Crippen LogP contribution in [-0.4, -0.2) is 44.0 Å². The lowest BCUT2D eigenvalue weighted by Gasteiger charge is -2.33. The first kappa shape index (κ1) is 22.3. The zero-order chi connectivity index (χ0) is 22.2. The van der Waals surface area contributed by atoms with Gasteiger partial charge in [0.25, 0.3) is 0 Å². The van der Waals surface area contributed by atoms with Crippen LogP contribution in [0.25, 0.3) is 0 Å². The third kappa shape index (κ3) is 3.72. The number of benzene rings is 1. The molecule has 1 aromatic rings. The number of aryl methyl sites for hydroxylation is 1. The van der Waals surface area contributed by atoms with Gasteiger partial charge in [-0.3, -0.25) is 4.79 Å². The summed E-state index contributed by atoms with van der Waals surface area (Å²) in [5.74, 6) is -0.247. The monoisotopic (exact) mass is 415 g/mol. The zero-order valence-corrected chi connectivity index (χ0v) is 18.6. The maximum absolute atomic E-state index is 13.3. The normalized spacial score (nSPS) is 23.4. The van der Waals surface area contributed by atoms with E-state index in [2.05, 4.69) is 6.92 Å². The number of hydrogen-bond acceptors (Lipinski definition) is 7.